The number of nitrogens with zero attached hydrogens (tertiary/aromatic N) is 5. The van der Waals surface area contributed by atoms with Crippen LogP contribution in [0.5, 0.6) is 0 Å². The zero-order chi connectivity index (χ0) is 17.3. The summed E-state index contributed by atoms with van der Waals surface area (Å²) >= 11 is 5.95. The maximum atomic E-state index is 6.03. The van der Waals surface area contributed by atoms with Crippen molar-refractivity contribution in [3.05, 3.63) is 53.0 Å². The molecule has 0 aliphatic heterocycles. The lowest BCUT2D eigenvalue weighted by Gasteiger charge is -2.21. The molecule has 3 aromatic rings. The summed E-state index contributed by atoms with van der Waals surface area (Å²) in [4.78, 5) is 11.0. The van der Waals surface area contributed by atoms with Crippen LogP contribution in [0.25, 0.3) is 11.3 Å². The number of aryl methyl sites for hydroxylation is 2. The predicted molar refractivity (Wildman–Crippen MR) is 92.6 cm³/mol. The molecular formula is C17H20ClN5O. The third-order valence-electron chi connectivity index (χ3n) is 4.13. The van der Waals surface area contributed by atoms with E-state index in [-0.39, 0.29) is 6.04 Å². The minimum absolute atomic E-state index is 0.0152. The number of hydrogen-bond donors (Lipinski definition) is 0. The maximum Gasteiger partial charge on any atom is 0.212 e. The Morgan fingerprint density at radius 2 is 2.00 bits per heavy atom. The van der Waals surface area contributed by atoms with Crippen LogP contribution in [-0.2, 0) is 13.6 Å². The normalized spacial score (nSPS) is 12.8. The number of hydrogen-bond acceptors (Lipinski definition) is 5. The van der Waals surface area contributed by atoms with Crippen molar-refractivity contribution in [2.45, 2.75) is 26.4 Å². The summed E-state index contributed by atoms with van der Waals surface area (Å²) in [5, 5.41) is 4.80. The molecule has 0 saturated carbocycles. The van der Waals surface area contributed by atoms with E-state index in [0.29, 0.717) is 17.5 Å². The lowest BCUT2D eigenvalue weighted by atomic mass is 10.1. The van der Waals surface area contributed by atoms with Crippen LogP contribution in [0.15, 0.2) is 35.0 Å². The van der Waals surface area contributed by atoms with Gasteiger partial charge in [0.2, 0.25) is 5.89 Å². The van der Waals surface area contributed by atoms with Crippen LogP contribution in [0.2, 0.25) is 5.02 Å². The summed E-state index contributed by atoms with van der Waals surface area (Å²) in [5.41, 5.74) is 1.84. The Morgan fingerprint density at radius 3 is 2.62 bits per heavy atom. The first-order valence-electron chi connectivity index (χ1n) is 7.72. The van der Waals surface area contributed by atoms with Gasteiger partial charge in [-0.2, -0.15) is 5.10 Å². The maximum absolute atomic E-state index is 6.03. The van der Waals surface area contributed by atoms with E-state index in [0.717, 1.165) is 22.8 Å². The second kappa shape index (κ2) is 6.75. The molecular weight excluding hydrogens is 326 g/mol. The van der Waals surface area contributed by atoms with E-state index in [1.54, 1.807) is 11.0 Å². The lowest BCUT2D eigenvalue weighted by molar-refractivity contribution is 0.211. The molecule has 3 rings (SSSR count). The highest BCUT2D eigenvalue weighted by Gasteiger charge is 2.21. The second-order valence-corrected chi connectivity index (χ2v) is 6.30. The van der Waals surface area contributed by atoms with Gasteiger partial charge in [-0.3, -0.25) is 9.58 Å². The quantitative estimate of drug-likeness (QED) is 0.706. The van der Waals surface area contributed by atoms with Gasteiger partial charge >= 0.3 is 0 Å². The van der Waals surface area contributed by atoms with Crippen molar-refractivity contribution in [1.82, 2.24) is 24.6 Å². The first kappa shape index (κ1) is 16.7. The summed E-state index contributed by atoms with van der Waals surface area (Å²) < 4.78 is 7.80. The first-order chi connectivity index (χ1) is 11.5. The lowest BCUT2D eigenvalue weighted by Crippen LogP contribution is -2.24. The Morgan fingerprint density at radius 1 is 1.29 bits per heavy atom. The van der Waals surface area contributed by atoms with Crippen LogP contribution >= 0.6 is 11.6 Å². The molecule has 0 amide bonds. The average molecular weight is 346 g/mol. The second-order valence-electron chi connectivity index (χ2n) is 5.86. The van der Waals surface area contributed by atoms with Crippen molar-refractivity contribution >= 4 is 11.6 Å². The molecule has 1 aromatic carbocycles. The van der Waals surface area contributed by atoms with Crippen molar-refractivity contribution in [1.29, 1.82) is 0 Å². The third-order valence-corrected chi connectivity index (χ3v) is 4.39. The number of halogens is 1. The van der Waals surface area contributed by atoms with Crippen molar-refractivity contribution in [2.24, 2.45) is 7.05 Å². The van der Waals surface area contributed by atoms with Gasteiger partial charge in [0.05, 0.1) is 18.3 Å². The zero-order valence-electron chi connectivity index (χ0n) is 14.2. The van der Waals surface area contributed by atoms with E-state index in [4.69, 9.17) is 16.0 Å². The molecule has 0 aliphatic rings. The predicted octanol–water partition coefficient (Wildman–Crippen LogP) is 3.62. The molecule has 2 heterocycles. The fourth-order valence-electron chi connectivity index (χ4n) is 2.48. The SMILES string of the molecule is Cc1nc([C@@H](C)N(C)Cc2ncnn2C)oc1-c1ccc(Cl)cc1. The Bertz CT molecular complexity index is 824. The fraction of sp³-hybridized carbons (Fsp3) is 0.353. The minimum Gasteiger partial charge on any atom is -0.439 e. The number of oxazole rings is 1. The van der Waals surface area contributed by atoms with Gasteiger partial charge in [-0.25, -0.2) is 9.97 Å². The molecule has 0 saturated heterocycles. The molecule has 0 aliphatic carbocycles. The smallest absolute Gasteiger partial charge is 0.212 e. The average Bonchev–Trinajstić information content (AvgIpc) is 3.14. The molecule has 0 N–H and O–H groups in total. The van der Waals surface area contributed by atoms with E-state index in [2.05, 4.69) is 26.9 Å². The molecule has 1 atom stereocenters. The monoisotopic (exact) mass is 345 g/mol. The number of rotatable bonds is 5. The van der Waals surface area contributed by atoms with Crippen molar-refractivity contribution < 1.29 is 4.42 Å². The van der Waals surface area contributed by atoms with Crippen LogP contribution in [0, 0.1) is 6.92 Å². The highest BCUT2D eigenvalue weighted by atomic mass is 35.5. The van der Waals surface area contributed by atoms with Crippen LogP contribution < -0.4 is 0 Å². The van der Waals surface area contributed by atoms with Crippen LogP contribution in [0.1, 0.15) is 30.4 Å². The van der Waals surface area contributed by atoms with Gasteiger partial charge in [-0.05, 0) is 45.2 Å². The van der Waals surface area contributed by atoms with Gasteiger partial charge in [-0.15, -0.1) is 0 Å². The molecule has 0 radical (unpaired) electrons. The molecule has 6 nitrogen and oxygen atoms in total. The highest BCUT2D eigenvalue weighted by Crippen LogP contribution is 2.29. The topological polar surface area (TPSA) is 60.0 Å². The molecule has 0 fully saturated rings. The molecule has 24 heavy (non-hydrogen) atoms. The number of aromatic nitrogens is 4. The van der Waals surface area contributed by atoms with Crippen LogP contribution in [0.4, 0.5) is 0 Å². The molecule has 7 heteroatoms. The fourth-order valence-corrected chi connectivity index (χ4v) is 2.60. The van der Waals surface area contributed by atoms with E-state index >= 15 is 0 Å². The van der Waals surface area contributed by atoms with E-state index in [9.17, 15) is 0 Å². The Hall–Kier alpha value is -2.18. The van der Waals surface area contributed by atoms with Gasteiger partial charge < -0.3 is 4.42 Å². The van der Waals surface area contributed by atoms with Gasteiger partial charge in [-0.1, -0.05) is 11.6 Å². The van der Waals surface area contributed by atoms with E-state index in [1.807, 2.05) is 45.3 Å². The minimum atomic E-state index is 0.0152. The largest absolute Gasteiger partial charge is 0.439 e. The summed E-state index contributed by atoms with van der Waals surface area (Å²) in [6.07, 6.45) is 1.56. The van der Waals surface area contributed by atoms with Gasteiger partial charge in [0, 0.05) is 17.6 Å². The van der Waals surface area contributed by atoms with Gasteiger partial charge in [0.15, 0.2) is 5.76 Å². The molecule has 126 valence electrons. The Labute approximate surface area is 146 Å². The molecule has 0 bridgehead atoms. The highest BCUT2D eigenvalue weighted by molar-refractivity contribution is 6.30. The first-order valence-corrected chi connectivity index (χ1v) is 8.10. The van der Waals surface area contributed by atoms with Crippen LogP contribution in [-0.4, -0.2) is 31.7 Å². The van der Waals surface area contributed by atoms with Crippen molar-refractivity contribution in [2.75, 3.05) is 7.05 Å². The van der Waals surface area contributed by atoms with Crippen molar-refractivity contribution in [3.8, 4) is 11.3 Å². The van der Waals surface area contributed by atoms with Gasteiger partial charge in [0.1, 0.15) is 12.2 Å². The molecule has 2 aromatic heterocycles. The number of benzene rings is 1. The van der Waals surface area contributed by atoms with Crippen LogP contribution in [0.3, 0.4) is 0 Å². The molecule has 0 unspecified atom stereocenters. The third kappa shape index (κ3) is 3.34. The Balaban J connectivity index is 1.80. The van der Waals surface area contributed by atoms with Gasteiger partial charge in [0.25, 0.3) is 0 Å². The standard InChI is InChI=1S/C17H20ClN5O/c1-11-16(13-5-7-14(18)8-6-13)24-17(21-11)12(2)22(3)9-15-19-10-20-23(15)4/h5-8,10,12H,9H2,1-4H3/t12-/m1/s1. The molecule has 0 spiro atoms. The van der Waals surface area contributed by atoms with Crippen molar-refractivity contribution in [3.63, 3.8) is 0 Å². The van der Waals surface area contributed by atoms with E-state index in [1.165, 1.54) is 0 Å². The Kier molecular flexibility index (Phi) is 4.69. The summed E-state index contributed by atoms with van der Waals surface area (Å²) in [5.74, 6) is 2.35. The summed E-state index contributed by atoms with van der Waals surface area (Å²) in [6.45, 7) is 4.68. The van der Waals surface area contributed by atoms with E-state index < -0.39 is 0 Å². The summed E-state index contributed by atoms with van der Waals surface area (Å²) in [7, 11) is 3.90. The zero-order valence-corrected chi connectivity index (χ0v) is 14.9. The summed E-state index contributed by atoms with van der Waals surface area (Å²) in [6, 6.07) is 7.59.